The van der Waals surface area contributed by atoms with Gasteiger partial charge in [-0.3, -0.25) is 0 Å². The van der Waals surface area contributed by atoms with E-state index >= 15 is 0 Å². The normalized spacial score (nSPS) is 22.4. The monoisotopic (exact) mass is 546 g/mol. The lowest BCUT2D eigenvalue weighted by Gasteiger charge is -2.37. The Morgan fingerprint density at radius 3 is 2.38 bits per heavy atom. The van der Waals surface area contributed by atoms with Crippen LogP contribution in [0.15, 0.2) is 61.3 Å². The van der Waals surface area contributed by atoms with E-state index in [-0.39, 0.29) is 12.1 Å². The zero-order chi connectivity index (χ0) is 28.5. The van der Waals surface area contributed by atoms with Crippen LogP contribution in [0.1, 0.15) is 94.7 Å². The van der Waals surface area contributed by atoms with E-state index in [4.69, 9.17) is 0 Å². The highest BCUT2D eigenvalue weighted by molar-refractivity contribution is 5.27. The Hall–Kier alpha value is -2.34. The largest absolute Gasteiger partial charge is 0.416 e. The third-order valence-corrected chi connectivity index (χ3v) is 8.42. The van der Waals surface area contributed by atoms with Crippen LogP contribution in [0.3, 0.4) is 0 Å². The third kappa shape index (κ3) is 9.97. The molecular weight excluding hydrogens is 500 g/mol. The van der Waals surface area contributed by atoms with Crippen LogP contribution in [-0.2, 0) is 12.7 Å². The highest BCUT2D eigenvalue weighted by Crippen LogP contribution is 2.45. The number of rotatable bonds is 9. The lowest BCUT2D eigenvalue weighted by molar-refractivity contribution is -0.137. The molecule has 2 atom stereocenters. The molecular formula is C33H46F4N2. The number of hydrogen-bond donors (Lipinski definition) is 1. The number of alkyl halides is 3. The summed E-state index contributed by atoms with van der Waals surface area (Å²) in [5.41, 5.74) is 1.42. The van der Waals surface area contributed by atoms with Gasteiger partial charge in [-0.1, -0.05) is 70.5 Å². The number of halogens is 4. The van der Waals surface area contributed by atoms with Crippen molar-refractivity contribution in [2.24, 2.45) is 11.3 Å². The molecule has 1 saturated carbocycles. The lowest BCUT2D eigenvalue weighted by Crippen LogP contribution is -2.40. The lowest BCUT2D eigenvalue weighted by atomic mass is 9.82. The molecule has 2 nitrogen and oxygen atoms in total. The van der Waals surface area contributed by atoms with Crippen molar-refractivity contribution in [1.29, 1.82) is 0 Å². The van der Waals surface area contributed by atoms with Gasteiger partial charge >= 0.3 is 6.18 Å². The molecule has 0 amide bonds. The van der Waals surface area contributed by atoms with E-state index < -0.39 is 17.6 Å². The van der Waals surface area contributed by atoms with Crippen LogP contribution >= 0.6 is 0 Å². The summed E-state index contributed by atoms with van der Waals surface area (Å²) in [4.78, 5) is 2.83. The summed E-state index contributed by atoms with van der Waals surface area (Å²) in [7, 11) is 0. The summed E-state index contributed by atoms with van der Waals surface area (Å²) in [5.74, 6) is 0.759. The predicted molar refractivity (Wildman–Crippen MR) is 153 cm³/mol. The number of likely N-dealkylation sites (tertiary alicyclic amines) is 1. The molecule has 2 fully saturated rings. The highest BCUT2D eigenvalue weighted by Gasteiger charge is 2.38. The maximum atomic E-state index is 12.8. The molecule has 1 heterocycles. The van der Waals surface area contributed by atoms with Crippen LogP contribution in [0.25, 0.3) is 0 Å². The van der Waals surface area contributed by atoms with Crippen molar-refractivity contribution in [3.63, 3.8) is 0 Å². The summed E-state index contributed by atoms with van der Waals surface area (Å²) >= 11 is 0. The first-order valence-electron chi connectivity index (χ1n) is 14.5. The van der Waals surface area contributed by atoms with Gasteiger partial charge in [-0.25, -0.2) is 4.39 Å². The molecule has 0 bridgehead atoms. The van der Waals surface area contributed by atoms with Gasteiger partial charge in [0.05, 0.1) is 5.56 Å². The summed E-state index contributed by atoms with van der Waals surface area (Å²) in [6.45, 7) is 13.4. The molecule has 6 heteroatoms. The Balaban J connectivity index is 0.000000242. The van der Waals surface area contributed by atoms with E-state index in [9.17, 15) is 17.6 Å². The average Bonchev–Trinajstić information content (AvgIpc) is 3.29. The average molecular weight is 547 g/mol. The van der Waals surface area contributed by atoms with E-state index in [1.54, 1.807) is 5.56 Å². The van der Waals surface area contributed by atoms with Gasteiger partial charge < -0.3 is 10.2 Å². The molecule has 216 valence electrons. The fraction of sp³-hybridized carbons (Fsp3) is 0.576. The number of hydrogen-bond acceptors (Lipinski definition) is 2. The van der Waals surface area contributed by atoms with Crippen molar-refractivity contribution >= 4 is 0 Å². The highest BCUT2D eigenvalue weighted by atomic mass is 19.4. The van der Waals surface area contributed by atoms with Crippen molar-refractivity contribution < 1.29 is 17.6 Å². The second kappa shape index (κ2) is 14.3. The molecule has 2 aromatic rings. The number of nitrogens with zero attached hydrogens (tertiary/aromatic N) is 1. The maximum absolute atomic E-state index is 12.8. The number of nitrogens with one attached hydrogen (secondary N) is 1. The molecule has 1 N–H and O–H groups in total. The van der Waals surface area contributed by atoms with Crippen LogP contribution in [0.5, 0.6) is 0 Å². The van der Waals surface area contributed by atoms with Crippen LogP contribution in [0, 0.1) is 17.2 Å². The van der Waals surface area contributed by atoms with Crippen LogP contribution < -0.4 is 5.32 Å². The minimum atomic E-state index is -4.52. The van der Waals surface area contributed by atoms with Gasteiger partial charge in [-0.15, -0.1) is 0 Å². The van der Waals surface area contributed by atoms with Gasteiger partial charge in [0.25, 0.3) is 0 Å². The molecule has 0 aromatic heterocycles. The summed E-state index contributed by atoms with van der Waals surface area (Å²) < 4.78 is 49.6. The fourth-order valence-corrected chi connectivity index (χ4v) is 6.19. The van der Waals surface area contributed by atoms with E-state index in [2.05, 4.69) is 67.9 Å². The SMILES string of the molecule is C=CNCc1cc(F)cc(C(F)(F)F)c1.CC(C)CCCC1(C)CCC(N2CCC(c3ccccc3)CC2)C1. The van der Waals surface area contributed by atoms with Crippen molar-refractivity contribution in [2.45, 2.75) is 96.8 Å². The predicted octanol–water partition coefficient (Wildman–Crippen LogP) is 9.33. The number of benzene rings is 2. The Kier molecular flexibility index (Phi) is 11.5. The topological polar surface area (TPSA) is 15.3 Å². The zero-order valence-electron chi connectivity index (χ0n) is 23.9. The minimum Gasteiger partial charge on any atom is -0.387 e. The molecule has 4 rings (SSSR count). The molecule has 1 aliphatic carbocycles. The third-order valence-electron chi connectivity index (χ3n) is 8.42. The standard InChI is InChI=1S/C23H37N.C10H9F4N/c1-19(2)8-7-14-23(3)15-11-22(18-23)24-16-12-21(13-17-24)20-9-5-4-6-10-20;1-2-15-6-7-3-8(10(12,13)14)5-9(11)4-7/h4-6,9-10,19,21-22H,7-8,11-18H2,1-3H3;2-5,15H,1,6H2. The Bertz CT molecular complexity index is 1010. The molecule has 39 heavy (non-hydrogen) atoms. The first-order valence-corrected chi connectivity index (χ1v) is 14.5. The van der Waals surface area contributed by atoms with E-state index in [1.807, 2.05) is 0 Å². The van der Waals surface area contributed by atoms with Gasteiger partial charge in [0.15, 0.2) is 0 Å². The quantitative estimate of drug-likeness (QED) is 0.315. The summed E-state index contributed by atoms with van der Waals surface area (Å²) in [5, 5.41) is 2.60. The first kappa shape index (κ1) is 31.2. The van der Waals surface area contributed by atoms with Gasteiger partial charge in [0, 0.05) is 12.6 Å². The first-order chi connectivity index (χ1) is 18.5. The second-order valence-corrected chi connectivity index (χ2v) is 12.1. The van der Waals surface area contributed by atoms with Crippen LogP contribution in [0.2, 0.25) is 0 Å². The smallest absolute Gasteiger partial charge is 0.387 e. The molecule has 2 aliphatic rings. The summed E-state index contributed by atoms with van der Waals surface area (Å²) in [6.07, 6.45) is 8.13. The van der Waals surface area contributed by atoms with E-state index in [0.29, 0.717) is 11.5 Å². The fourth-order valence-electron chi connectivity index (χ4n) is 6.19. The van der Waals surface area contributed by atoms with Crippen molar-refractivity contribution in [3.8, 4) is 0 Å². The molecule has 0 radical (unpaired) electrons. The summed E-state index contributed by atoms with van der Waals surface area (Å²) in [6, 6.07) is 14.5. The van der Waals surface area contributed by atoms with Gasteiger partial charge in [0.2, 0.25) is 0 Å². The Labute approximate surface area is 232 Å². The Morgan fingerprint density at radius 1 is 1.08 bits per heavy atom. The van der Waals surface area contributed by atoms with E-state index in [1.165, 1.54) is 70.7 Å². The van der Waals surface area contributed by atoms with Crippen molar-refractivity contribution in [2.75, 3.05) is 13.1 Å². The van der Waals surface area contributed by atoms with Gasteiger partial charge in [0.1, 0.15) is 5.82 Å². The number of piperidine rings is 1. The molecule has 2 unspecified atom stereocenters. The van der Waals surface area contributed by atoms with Gasteiger partial charge in [-0.05, 0) is 104 Å². The Morgan fingerprint density at radius 2 is 1.77 bits per heavy atom. The molecule has 1 aliphatic heterocycles. The molecule has 2 aromatic carbocycles. The maximum Gasteiger partial charge on any atom is 0.416 e. The van der Waals surface area contributed by atoms with Crippen molar-refractivity contribution in [3.05, 3.63) is 83.8 Å². The second-order valence-electron chi connectivity index (χ2n) is 12.1. The van der Waals surface area contributed by atoms with Crippen LogP contribution in [0.4, 0.5) is 17.6 Å². The van der Waals surface area contributed by atoms with Gasteiger partial charge in [-0.2, -0.15) is 13.2 Å². The zero-order valence-corrected chi connectivity index (χ0v) is 23.9. The minimum absolute atomic E-state index is 0.115. The van der Waals surface area contributed by atoms with Crippen LogP contribution in [-0.4, -0.2) is 24.0 Å². The van der Waals surface area contributed by atoms with E-state index in [0.717, 1.165) is 30.0 Å². The molecule has 1 saturated heterocycles. The van der Waals surface area contributed by atoms with Crippen molar-refractivity contribution in [1.82, 2.24) is 10.2 Å². The molecule has 0 spiro atoms.